The van der Waals surface area contributed by atoms with Gasteiger partial charge in [-0.1, -0.05) is 10.5 Å². The smallest absolute Gasteiger partial charge is 0.338 e. The molecule has 0 bridgehead atoms. The molecule has 0 fully saturated rings. The van der Waals surface area contributed by atoms with E-state index in [1.165, 1.54) is 45.5 Å². The molecule has 28 heavy (non-hydrogen) atoms. The third kappa shape index (κ3) is 5.28. The number of carbonyl (C=O) groups is 2. The standard InChI is InChI=1S/C18H20N2O7S/c1-20(26-3)28(23,24)16-9-7-13(8-10-16)18(22)27-12-17(21)19-14-5-4-6-15(11-14)25-2/h4-11H,12H2,1-3H3,(H,19,21). The van der Waals surface area contributed by atoms with Gasteiger partial charge in [0.2, 0.25) is 0 Å². The fourth-order valence-electron chi connectivity index (χ4n) is 2.12. The molecule has 0 atom stereocenters. The first kappa shape index (κ1) is 21.4. The highest BCUT2D eigenvalue weighted by atomic mass is 32.2. The zero-order chi connectivity index (χ0) is 20.7. The lowest BCUT2D eigenvalue weighted by Gasteiger charge is -2.14. The van der Waals surface area contributed by atoms with Gasteiger partial charge in [0.05, 0.1) is 24.7 Å². The quantitative estimate of drug-likeness (QED) is 0.522. The normalized spacial score (nSPS) is 11.1. The number of hydrogen-bond donors (Lipinski definition) is 1. The zero-order valence-corrected chi connectivity index (χ0v) is 16.4. The number of benzene rings is 2. The van der Waals surface area contributed by atoms with Crippen LogP contribution in [0.15, 0.2) is 53.4 Å². The van der Waals surface area contributed by atoms with E-state index < -0.39 is 28.5 Å². The molecule has 2 aromatic rings. The van der Waals surface area contributed by atoms with Crippen LogP contribution in [0.25, 0.3) is 0 Å². The molecular weight excluding hydrogens is 388 g/mol. The topological polar surface area (TPSA) is 111 Å². The predicted octanol–water partition coefficient (Wildman–Crippen LogP) is 1.67. The van der Waals surface area contributed by atoms with Crippen LogP contribution in [0.5, 0.6) is 5.75 Å². The molecule has 0 aliphatic heterocycles. The Morgan fingerprint density at radius 1 is 1.07 bits per heavy atom. The van der Waals surface area contributed by atoms with Crippen molar-refractivity contribution in [3.63, 3.8) is 0 Å². The largest absolute Gasteiger partial charge is 0.497 e. The minimum absolute atomic E-state index is 0.0517. The first-order chi connectivity index (χ1) is 13.3. The van der Waals surface area contributed by atoms with E-state index in [1.54, 1.807) is 24.3 Å². The molecule has 0 aliphatic rings. The Morgan fingerprint density at radius 2 is 1.75 bits per heavy atom. The van der Waals surface area contributed by atoms with Gasteiger partial charge in [-0.15, -0.1) is 0 Å². The highest BCUT2D eigenvalue weighted by molar-refractivity contribution is 7.89. The van der Waals surface area contributed by atoms with E-state index in [2.05, 4.69) is 10.2 Å². The van der Waals surface area contributed by atoms with E-state index in [-0.39, 0.29) is 10.5 Å². The number of hydrogen-bond acceptors (Lipinski definition) is 7. The summed E-state index contributed by atoms with van der Waals surface area (Å²) >= 11 is 0. The molecule has 1 amide bonds. The van der Waals surface area contributed by atoms with Crippen molar-refractivity contribution in [2.75, 3.05) is 33.2 Å². The van der Waals surface area contributed by atoms with E-state index in [4.69, 9.17) is 9.47 Å². The van der Waals surface area contributed by atoms with Crippen molar-refractivity contribution < 1.29 is 32.3 Å². The lowest BCUT2D eigenvalue weighted by atomic mass is 10.2. The van der Waals surface area contributed by atoms with Crippen molar-refractivity contribution in [1.29, 1.82) is 0 Å². The van der Waals surface area contributed by atoms with Crippen molar-refractivity contribution in [1.82, 2.24) is 4.47 Å². The zero-order valence-electron chi connectivity index (χ0n) is 15.5. The molecule has 0 aliphatic carbocycles. The summed E-state index contributed by atoms with van der Waals surface area (Å²) in [5.74, 6) is -0.712. The lowest BCUT2D eigenvalue weighted by Crippen LogP contribution is -2.25. The number of anilines is 1. The van der Waals surface area contributed by atoms with Crippen LogP contribution in [-0.2, 0) is 24.4 Å². The van der Waals surface area contributed by atoms with Crippen molar-refractivity contribution in [3.8, 4) is 5.75 Å². The number of nitrogens with zero attached hydrogens (tertiary/aromatic N) is 1. The van der Waals surface area contributed by atoms with E-state index in [0.29, 0.717) is 15.9 Å². The van der Waals surface area contributed by atoms with Gasteiger partial charge in [0.25, 0.3) is 15.9 Å². The SMILES string of the molecule is COc1cccc(NC(=O)COC(=O)c2ccc(S(=O)(=O)N(C)OC)cc2)c1. The maximum Gasteiger partial charge on any atom is 0.338 e. The highest BCUT2D eigenvalue weighted by Gasteiger charge is 2.21. The molecule has 1 N–H and O–H groups in total. The van der Waals surface area contributed by atoms with Crippen molar-refractivity contribution in [2.45, 2.75) is 4.90 Å². The van der Waals surface area contributed by atoms with E-state index in [1.807, 2.05) is 0 Å². The predicted molar refractivity (Wildman–Crippen MR) is 100 cm³/mol. The number of nitrogens with one attached hydrogen (secondary N) is 1. The Morgan fingerprint density at radius 3 is 2.36 bits per heavy atom. The van der Waals surface area contributed by atoms with Crippen molar-refractivity contribution in [3.05, 3.63) is 54.1 Å². The summed E-state index contributed by atoms with van der Waals surface area (Å²) in [7, 11) is 0.164. The van der Waals surface area contributed by atoms with Gasteiger partial charge in [0, 0.05) is 18.8 Å². The Hall–Kier alpha value is -2.95. The van der Waals surface area contributed by atoms with Gasteiger partial charge < -0.3 is 14.8 Å². The van der Waals surface area contributed by atoms with E-state index >= 15 is 0 Å². The van der Waals surface area contributed by atoms with Crippen LogP contribution in [0.1, 0.15) is 10.4 Å². The molecule has 2 aromatic carbocycles. The summed E-state index contributed by atoms with van der Waals surface area (Å²) in [6.45, 7) is -0.498. The summed E-state index contributed by atoms with van der Waals surface area (Å²) in [5.41, 5.74) is 0.602. The molecule has 2 rings (SSSR count). The van der Waals surface area contributed by atoms with Crippen LogP contribution in [0, 0.1) is 0 Å². The van der Waals surface area contributed by atoms with Crippen molar-refractivity contribution in [2.24, 2.45) is 0 Å². The summed E-state index contributed by atoms with van der Waals surface area (Å²) in [5, 5.41) is 2.58. The van der Waals surface area contributed by atoms with Crippen LogP contribution in [0.3, 0.4) is 0 Å². The summed E-state index contributed by atoms with van der Waals surface area (Å²) in [6, 6.07) is 11.8. The van der Waals surface area contributed by atoms with Gasteiger partial charge in [-0.3, -0.25) is 9.63 Å². The van der Waals surface area contributed by atoms with Gasteiger partial charge >= 0.3 is 5.97 Å². The fourth-order valence-corrected chi connectivity index (χ4v) is 3.10. The Labute approximate surface area is 162 Å². The molecule has 0 saturated carbocycles. The maximum absolute atomic E-state index is 12.1. The monoisotopic (exact) mass is 408 g/mol. The molecule has 0 heterocycles. The minimum atomic E-state index is -3.81. The van der Waals surface area contributed by atoms with Crippen LogP contribution in [-0.4, -0.2) is 52.6 Å². The Kier molecular flexibility index (Phi) is 7.10. The number of ether oxygens (including phenoxy) is 2. The van der Waals surface area contributed by atoms with Crippen LogP contribution >= 0.6 is 0 Å². The minimum Gasteiger partial charge on any atom is -0.497 e. The van der Waals surface area contributed by atoms with E-state index in [0.717, 1.165) is 0 Å². The number of hydroxylamine groups is 1. The molecule has 0 aromatic heterocycles. The molecule has 10 heteroatoms. The maximum atomic E-state index is 12.1. The molecule has 0 radical (unpaired) electrons. The number of sulfonamides is 1. The number of amides is 1. The van der Waals surface area contributed by atoms with Gasteiger partial charge in [-0.2, -0.15) is 0 Å². The number of rotatable bonds is 8. The third-order valence-corrected chi connectivity index (χ3v) is 5.37. The second-order valence-corrected chi connectivity index (χ2v) is 7.41. The molecule has 150 valence electrons. The number of esters is 1. The van der Waals surface area contributed by atoms with Crippen LogP contribution < -0.4 is 10.1 Å². The van der Waals surface area contributed by atoms with E-state index in [9.17, 15) is 18.0 Å². The highest BCUT2D eigenvalue weighted by Crippen LogP contribution is 2.17. The molecule has 0 unspecified atom stereocenters. The lowest BCUT2D eigenvalue weighted by molar-refractivity contribution is -0.119. The van der Waals surface area contributed by atoms with Gasteiger partial charge in [-0.25, -0.2) is 13.2 Å². The summed E-state index contributed by atoms with van der Waals surface area (Å²) in [6.07, 6.45) is 0. The third-order valence-electron chi connectivity index (χ3n) is 3.67. The second kappa shape index (κ2) is 9.31. The molecule has 0 saturated heterocycles. The number of carbonyl (C=O) groups excluding carboxylic acids is 2. The first-order valence-corrected chi connectivity index (χ1v) is 9.46. The average molecular weight is 408 g/mol. The average Bonchev–Trinajstić information content (AvgIpc) is 2.71. The summed E-state index contributed by atoms with van der Waals surface area (Å²) < 4.78 is 34.9. The first-order valence-electron chi connectivity index (χ1n) is 8.02. The summed E-state index contributed by atoms with van der Waals surface area (Å²) in [4.78, 5) is 28.6. The Balaban J connectivity index is 1.95. The van der Waals surface area contributed by atoms with Crippen LogP contribution in [0.2, 0.25) is 0 Å². The molecular formula is C18H20N2O7S. The van der Waals surface area contributed by atoms with Crippen LogP contribution in [0.4, 0.5) is 5.69 Å². The fraction of sp³-hybridized carbons (Fsp3) is 0.222. The Bertz CT molecular complexity index is 943. The number of methoxy groups -OCH3 is 1. The molecule has 0 spiro atoms. The molecule has 9 nitrogen and oxygen atoms in total. The van der Waals surface area contributed by atoms with Gasteiger partial charge in [-0.05, 0) is 36.4 Å². The second-order valence-electron chi connectivity index (χ2n) is 5.48. The van der Waals surface area contributed by atoms with Gasteiger partial charge in [0.15, 0.2) is 6.61 Å². The van der Waals surface area contributed by atoms with Gasteiger partial charge in [0.1, 0.15) is 5.75 Å². The van der Waals surface area contributed by atoms with Crippen molar-refractivity contribution >= 4 is 27.6 Å².